The molecule has 5 rings (SSSR count). The predicted octanol–water partition coefficient (Wildman–Crippen LogP) is 8.31. The Kier molecular flexibility index (Phi) is 10.0. The molecule has 3 aromatic carbocycles. The average molecular weight is 593 g/mol. The molecule has 0 spiro atoms. The number of unbranched alkanes of at least 4 members (excludes halogenated alkanes) is 2. The van der Waals surface area contributed by atoms with Crippen LogP contribution in [0.3, 0.4) is 0 Å². The van der Waals surface area contributed by atoms with Crippen molar-refractivity contribution < 1.29 is 8.78 Å². The van der Waals surface area contributed by atoms with Crippen LogP contribution in [0.15, 0.2) is 48.5 Å². The number of benzene rings is 3. The lowest BCUT2D eigenvalue weighted by atomic mass is 10.1. The van der Waals surface area contributed by atoms with Crippen molar-refractivity contribution in [3.63, 3.8) is 0 Å². The second-order valence-corrected chi connectivity index (χ2v) is 11.8. The van der Waals surface area contributed by atoms with Gasteiger partial charge in [-0.05, 0) is 61.1 Å². The van der Waals surface area contributed by atoms with Gasteiger partial charge in [0.25, 0.3) is 0 Å². The van der Waals surface area contributed by atoms with Gasteiger partial charge in [-0.1, -0.05) is 51.0 Å². The molecule has 0 bridgehead atoms. The highest BCUT2D eigenvalue weighted by Gasteiger charge is 2.13. The van der Waals surface area contributed by atoms with Gasteiger partial charge in [0.1, 0.15) is 47.1 Å². The van der Waals surface area contributed by atoms with Gasteiger partial charge < -0.3 is 0 Å². The van der Waals surface area contributed by atoms with E-state index in [0.717, 1.165) is 0 Å². The fourth-order valence-corrected chi connectivity index (χ4v) is 7.42. The Balaban J connectivity index is 0.000000202. The summed E-state index contributed by atoms with van der Waals surface area (Å²) in [4.78, 5) is 0. The van der Waals surface area contributed by atoms with Crippen LogP contribution in [-0.2, 0) is 12.8 Å². The first-order valence-electron chi connectivity index (χ1n) is 13.6. The Morgan fingerprint density at radius 1 is 0.619 bits per heavy atom. The summed E-state index contributed by atoms with van der Waals surface area (Å²) in [5.74, 6) is -2.10. The van der Waals surface area contributed by atoms with Crippen LogP contribution in [0.4, 0.5) is 8.78 Å². The first kappa shape index (κ1) is 30.4. The number of hydrogen-bond acceptors (Lipinski definition) is 6. The van der Waals surface area contributed by atoms with Crippen LogP contribution < -0.4 is 10.4 Å². The van der Waals surface area contributed by atoms with Crippen LogP contribution in [0.25, 0.3) is 40.7 Å². The van der Waals surface area contributed by atoms with Crippen LogP contribution in [0.2, 0.25) is 0 Å². The number of fused-ring (bicyclic) bond motifs is 5. The molecular weight excluding hydrogens is 567 g/mol. The molecule has 0 aliphatic rings. The Bertz CT molecular complexity index is 1910. The first-order valence-corrected chi connectivity index (χ1v) is 15.2. The van der Waals surface area contributed by atoms with E-state index in [1.165, 1.54) is 104 Å². The first-order chi connectivity index (χ1) is 20.4. The van der Waals surface area contributed by atoms with Crippen molar-refractivity contribution >= 4 is 63.4 Å². The molecule has 0 saturated carbocycles. The molecule has 0 atom stereocenters. The van der Waals surface area contributed by atoms with Crippen LogP contribution in [-0.4, -0.2) is 0 Å². The van der Waals surface area contributed by atoms with Crippen molar-refractivity contribution in [1.29, 1.82) is 21.0 Å². The van der Waals surface area contributed by atoms with Crippen molar-refractivity contribution in [2.24, 2.45) is 0 Å². The zero-order valence-corrected chi connectivity index (χ0v) is 24.9. The van der Waals surface area contributed by atoms with Crippen LogP contribution >= 0.6 is 22.7 Å². The number of hydrogen-bond donors (Lipinski definition) is 0. The van der Waals surface area contributed by atoms with Crippen molar-refractivity contribution in [2.45, 2.75) is 52.4 Å². The van der Waals surface area contributed by atoms with E-state index in [0.29, 0.717) is 12.1 Å². The number of aryl methyl sites for hydroxylation is 2. The van der Waals surface area contributed by atoms with Gasteiger partial charge >= 0.3 is 0 Å². The molecular formula is C34H26F2N4S2. The number of rotatable bonds is 6. The summed E-state index contributed by atoms with van der Waals surface area (Å²) >= 11 is 3.96. The lowest BCUT2D eigenvalue weighted by Crippen LogP contribution is -2.21. The van der Waals surface area contributed by atoms with Crippen molar-refractivity contribution in [1.82, 2.24) is 0 Å². The quantitative estimate of drug-likeness (QED) is 0.198. The molecule has 0 amide bonds. The maximum Gasteiger partial charge on any atom is 0.139 e. The van der Waals surface area contributed by atoms with Gasteiger partial charge in [0.15, 0.2) is 0 Å². The van der Waals surface area contributed by atoms with E-state index in [1.54, 1.807) is 0 Å². The third-order valence-corrected chi connectivity index (χ3v) is 9.39. The molecule has 5 aromatic rings. The topological polar surface area (TPSA) is 95.2 Å². The van der Waals surface area contributed by atoms with Gasteiger partial charge in [-0.3, -0.25) is 0 Å². The number of halogens is 2. The van der Waals surface area contributed by atoms with Crippen molar-refractivity contribution in [3.05, 3.63) is 81.7 Å². The highest BCUT2D eigenvalue weighted by molar-refractivity contribution is 7.36. The molecule has 208 valence electrons. The van der Waals surface area contributed by atoms with Crippen LogP contribution in [0.5, 0.6) is 0 Å². The molecule has 2 heterocycles. The van der Waals surface area contributed by atoms with E-state index >= 15 is 0 Å². The Morgan fingerprint density at radius 2 is 1.00 bits per heavy atom. The summed E-state index contributed by atoms with van der Waals surface area (Å²) in [6.45, 7) is 4.53. The third-order valence-electron chi connectivity index (χ3n) is 6.89. The summed E-state index contributed by atoms with van der Waals surface area (Å²) in [5, 5.41) is 36.1. The molecule has 2 aromatic heterocycles. The van der Waals surface area contributed by atoms with Gasteiger partial charge in [0.05, 0.1) is 9.40 Å². The lowest BCUT2D eigenvalue weighted by molar-refractivity contribution is 0.585. The molecule has 0 fully saturated rings. The average Bonchev–Trinajstić information content (AvgIpc) is 3.53. The van der Waals surface area contributed by atoms with Crippen molar-refractivity contribution in [3.8, 4) is 24.3 Å². The second kappa shape index (κ2) is 13.8. The monoisotopic (exact) mass is 592 g/mol. The van der Waals surface area contributed by atoms with Gasteiger partial charge in [-0.15, -0.1) is 22.7 Å². The van der Waals surface area contributed by atoms with E-state index in [2.05, 4.69) is 50.2 Å². The molecule has 0 aliphatic carbocycles. The highest BCUT2D eigenvalue weighted by Crippen LogP contribution is 2.44. The third kappa shape index (κ3) is 6.32. The Morgan fingerprint density at radius 3 is 1.33 bits per heavy atom. The maximum absolute atomic E-state index is 13.6. The van der Waals surface area contributed by atoms with E-state index in [-0.39, 0.29) is 0 Å². The highest BCUT2D eigenvalue weighted by atomic mass is 32.1. The molecule has 0 unspecified atom stereocenters. The van der Waals surface area contributed by atoms with E-state index in [9.17, 15) is 8.78 Å². The van der Waals surface area contributed by atoms with Gasteiger partial charge in [-0.2, -0.15) is 21.0 Å². The largest absolute Gasteiger partial charge is 0.206 e. The zero-order valence-electron chi connectivity index (χ0n) is 23.2. The molecule has 0 saturated heterocycles. The van der Waals surface area contributed by atoms with Crippen LogP contribution in [0, 0.1) is 57.0 Å². The summed E-state index contributed by atoms with van der Waals surface area (Å²) in [7, 11) is 0. The normalized spacial score (nSPS) is 10.4. The standard InChI is InChI=1S/C22H24S2.C12H2F2N4/c1-3-5-7-15-9-11-17-19(13-15)23-22-18-12-10-16(8-6-4-2)14-20(18)24-21(17)22;13-11-1-9(7(3-15)4-16)12(14)2-10(11)8(5-17)6-18/h9-14H,3-8H2,1-2H3;1-2H. The SMILES string of the molecule is CCCCc1ccc2c(c1)sc1c3ccc(CCCC)cc3sc21.N#CC(C#N)=c1cc(F)c(=C(C#N)C#N)cc1F. The fourth-order valence-electron chi connectivity index (χ4n) is 4.64. The smallest absolute Gasteiger partial charge is 0.139 e. The molecule has 42 heavy (non-hydrogen) atoms. The number of thiophene rings is 2. The zero-order chi connectivity index (χ0) is 30.2. The molecule has 0 radical (unpaired) electrons. The number of nitrogens with zero attached hydrogens (tertiary/aromatic N) is 4. The summed E-state index contributed by atoms with van der Waals surface area (Å²) in [6, 6.07) is 21.1. The minimum Gasteiger partial charge on any atom is -0.206 e. The lowest BCUT2D eigenvalue weighted by Gasteiger charge is -2.00. The van der Waals surface area contributed by atoms with E-state index in [4.69, 9.17) is 21.0 Å². The second-order valence-electron chi connectivity index (χ2n) is 9.74. The summed E-state index contributed by atoms with van der Waals surface area (Å²) < 4.78 is 33.0. The molecule has 0 aliphatic heterocycles. The summed E-state index contributed by atoms with van der Waals surface area (Å²) in [5.41, 5.74) is 1.80. The van der Waals surface area contributed by atoms with Gasteiger partial charge in [-0.25, -0.2) is 8.78 Å². The maximum atomic E-state index is 13.6. The fraction of sp³-hybridized carbons (Fsp3) is 0.235. The summed E-state index contributed by atoms with van der Waals surface area (Å²) in [6.07, 6.45) is 7.52. The molecule has 8 heteroatoms. The Hall–Kier alpha value is -4.60. The van der Waals surface area contributed by atoms with Crippen molar-refractivity contribution in [2.75, 3.05) is 0 Å². The van der Waals surface area contributed by atoms with Gasteiger partial charge in [0, 0.05) is 30.6 Å². The predicted molar refractivity (Wildman–Crippen MR) is 167 cm³/mol. The van der Waals surface area contributed by atoms with E-state index < -0.39 is 33.2 Å². The molecule has 4 nitrogen and oxygen atoms in total. The van der Waals surface area contributed by atoms with Gasteiger partial charge in [0.2, 0.25) is 0 Å². The molecule has 0 N–H and O–H groups in total. The van der Waals surface area contributed by atoms with E-state index in [1.807, 2.05) is 22.7 Å². The minimum absolute atomic E-state index is 0.503. The minimum atomic E-state index is -1.05. The number of nitriles is 4. The van der Waals surface area contributed by atoms with Crippen LogP contribution in [0.1, 0.15) is 50.7 Å². The Labute approximate surface area is 250 Å².